The summed E-state index contributed by atoms with van der Waals surface area (Å²) in [5.74, 6) is 1.14. The molecular formula is C18H22N2O3. The molecule has 0 bridgehead atoms. The molecule has 0 aromatic heterocycles. The van der Waals surface area contributed by atoms with E-state index in [0.29, 0.717) is 23.7 Å². The predicted octanol–water partition coefficient (Wildman–Crippen LogP) is 3.09. The van der Waals surface area contributed by atoms with E-state index in [-0.39, 0.29) is 18.4 Å². The molecule has 0 saturated heterocycles. The van der Waals surface area contributed by atoms with Crippen molar-refractivity contribution in [2.24, 2.45) is 5.73 Å². The average molecular weight is 314 g/mol. The summed E-state index contributed by atoms with van der Waals surface area (Å²) in [5, 5.41) is 2.87. The maximum absolute atomic E-state index is 12.2. The lowest BCUT2D eigenvalue weighted by molar-refractivity contribution is -0.118. The summed E-state index contributed by atoms with van der Waals surface area (Å²) < 4.78 is 11.0. The maximum Gasteiger partial charge on any atom is 0.227 e. The van der Waals surface area contributed by atoms with E-state index in [4.69, 9.17) is 15.2 Å². The summed E-state index contributed by atoms with van der Waals surface area (Å²) in [7, 11) is 1.54. The van der Waals surface area contributed by atoms with Crippen LogP contribution in [0.2, 0.25) is 0 Å². The number of hydrogen-bond acceptors (Lipinski definition) is 4. The Kier molecular flexibility index (Phi) is 6.14. The third-order valence-corrected chi connectivity index (χ3v) is 3.39. The predicted molar refractivity (Wildman–Crippen MR) is 90.8 cm³/mol. The molecule has 1 unspecified atom stereocenters. The zero-order valence-corrected chi connectivity index (χ0v) is 13.4. The van der Waals surface area contributed by atoms with Gasteiger partial charge in [-0.2, -0.15) is 0 Å². The molecule has 23 heavy (non-hydrogen) atoms. The van der Waals surface area contributed by atoms with Gasteiger partial charge in [-0.3, -0.25) is 4.79 Å². The lowest BCUT2D eigenvalue weighted by Crippen LogP contribution is -2.28. The van der Waals surface area contributed by atoms with E-state index in [0.717, 1.165) is 5.56 Å². The van der Waals surface area contributed by atoms with E-state index < -0.39 is 0 Å². The van der Waals surface area contributed by atoms with Crippen LogP contribution in [0.25, 0.3) is 0 Å². The largest absolute Gasteiger partial charge is 0.455 e. The van der Waals surface area contributed by atoms with Crippen LogP contribution in [0.5, 0.6) is 11.5 Å². The molecule has 0 aliphatic carbocycles. The number of para-hydroxylation sites is 1. The summed E-state index contributed by atoms with van der Waals surface area (Å²) in [6.45, 7) is 2.25. The molecule has 0 spiro atoms. The van der Waals surface area contributed by atoms with Gasteiger partial charge in [-0.25, -0.2) is 0 Å². The molecule has 2 aromatic rings. The zero-order chi connectivity index (χ0) is 16.7. The standard InChI is InChI=1S/C18H22N2O3/c1-13-8-9-17(23-14-6-4-3-5-7-14)16(10-13)20-18(21)11-15(12-19)22-2/h3-10,15H,11-12,19H2,1-2H3,(H,20,21). The third kappa shape index (κ3) is 5.09. The van der Waals surface area contributed by atoms with Gasteiger partial charge in [0, 0.05) is 13.7 Å². The van der Waals surface area contributed by atoms with Gasteiger partial charge in [0.2, 0.25) is 5.91 Å². The van der Waals surface area contributed by atoms with Crippen molar-refractivity contribution in [2.45, 2.75) is 19.4 Å². The van der Waals surface area contributed by atoms with Crippen LogP contribution in [-0.2, 0) is 9.53 Å². The monoisotopic (exact) mass is 314 g/mol. The highest BCUT2D eigenvalue weighted by atomic mass is 16.5. The SMILES string of the molecule is COC(CN)CC(=O)Nc1cc(C)ccc1Oc1ccccc1. The van der Waals surface area contributed by atoms with Gasteiger partial charge in [-0.05, 0) is 36.8 Å². The Labute approximate surface area is 136 Å². The number of carbonyl (C=O) groups is 1. The average Bonchev–Trinajstić information content (AvgIpc) is 2.56. The molecule has 0 fully saturated rings. The number of aryl methyl sites for hydroxylation is 1. The quantitative estimate of drug-likeness (QED) is 0.823. The normalized spacial score (nSPS) is 11.8. The molecule has 5 heteroatoms. The minimum atomic E-state index is -0.293. The van der Waals surface area contributed by atoms with Crippen molar-refractivity contribution in [3.8, 4) is 11.5 Å². The lowest BCUT2D eigenvalue weighted by atomic mass is 10.2. The molecule has 0 aliphatic heterocycles. The van der Waals surface area contributed by atoms with Crippen LogP contribution in [-0.4, -0.2) is 25.7 Å². The van der Waals surface area contributed by atoms with Crippen molar-refractivity contribution in [1.82, 2.24) is 0 Å². The molecule has 0 radical (unpaired) electrons. The van der Waals surface area contributed by atoms with Crippen molar-refractivity contribution in [3.63, 3.8) is 0 Å². The topological polar surface area (TPSA) is 73.6 Å². The van der Waals surface area contributed by atoms with Crippen LogP contribution in [0, 0.1) is 6.92 Å². The van der Waals surface area contributed by atoms with E-state index in [1.165, 1.54) is 0 Å². The first-order chi connectivity index (χ1) is 11.1. The van der Waals surface area contributed by atoms with Crippen molar-refractivity contribution in [1.29, 1.82) is 0 Å². The van der Waals surface area contributed by atoms with Crippen LogP contribution < -0.4 is 15.8 Å². The number of amides is 1. The number of benzene rings is 2. The Morgan fingerprint density at radius 1 is 1.22 bits per heavy atom. The Balaban J connectivity index is 2.14. The van der Waals surface area contributed by atoms with Gasteiger partial charge in [-0.1, -0.05) is 24.3 Å². The molecule has 2 aromatic carbocycles. The second-order valence-corrected chi connectivity index (χ2v) is 5.26. The van der Waals surface area contributed by atoms with Gasteiger partial charge in [-0.15, -0.1) is 0 Å². The molecule has 1 atom stereocenters. The van der Waals surface area contributed by atoms with E-state index in [1.807, 2.05) is 55.5 Å². The fourth-order valence-electron chi connectivity index (χ4n) is 2.12. The molecule has 3 N–H and O–H groups in total. The fraction of sp³-hybridized carbons (Fsp3) is 0.278. The fourth-order valence-corrected chi connectivity index (χ4v) is 2.12. The minimum absolute atomic E-state index is 0.161. The third-order valence-electron chi connectivity index (χ3n) is 3.39. The smallest absolute Gasteiger partial charge is 0.227 e. The Hall–Kier alpha value is -2.37. The van der Waals surface area contributed by atoms with Crippen LogP contribution in [0.3, 0.4) is 0 Å². The number of anilines is 1. The first-order valence-electron chi connectivity index (χ1n) is 7.48. The molecule has 122 valence electrons. The molecule has 0 aliphatic rings. The molecule has 0 heterocycles. The number of carbonyl (C=O) groups excluding carboxylic acids is 1. The Morgan fingerprint density at radius 2 is 1.96 bits per heavy atom. The highest BCUT2D eigenvalue weighted by Gasteiger charge is 2.14. The van der Waals surface area contributed by atoms with Crippen LogP contribution in [0.4, 0.5) is 5.69 Å². The second kappa shape index (κ2) is 8.31. The van der Waals surface area contributed by atoms with Gasteiger partial charge in [0.1, 0.15) is 5.75 Å². The van der Waals surface area contributed by atoms with Crippen molar-refractivity contribution >= 4 is 11.6 Å². The first-order valence-corrected chi connectivity index (χ1v) is 7.48. The summed E-state index contributed by atoms with van der Waals surface area (Å²) in [6.07, 6.45) is -0.0931. The van der Waals surface area contributed by atoms with Crippen molar-refractivity contribution in [2.75, 3.05) is 19.0 Å². The lowest BCUT2D eigenvalue weighted by Gasteiger charge is -2.15. The number of rotatable bonds is 7. The number of nitrogens with one attached hydrogen (secondary N) is 1. The molecule has 0 saturated carbocycles. The number of hydrogen-bond donors (Lipinski definition) is 2. The molecule has 1 amide bonds. The van der Waals surface area contributed by atoms with E-state index >= 15 is 0 Å². The minimum Gasteiger partial charge on any atom is -0.455 e. The van der Waals surface area contributed by atoms with Gasteiger partial charge in [0.15, 0.2) is 5.75 Å². The van der Waals surface area contributed by atoms with E-state index in [9.17, 15) is 4.79 Å². The van der Waals surface area contributed by atoms with Crippen LogP contribution >= 0.6 is 0 Å². The summed E-state index contributed by atoms with van der Waals surface area (Å²) in [6, 6.07) is 15.1. The summed E-state index contributed by atoms with van der Waals surface area (Å²) in [4.78, 5) is 12.2. The number of nitrogens with two attached hydrogens (primary N) is 1. The molecule has 5 nitrogen and oxygen atoms in total. The van der Waals surface area contributed by atoms with Crippen LogP contribution in [0.15, 0.2) is 48.5 Å². The Bertz CT molecular complexity index is 640. The molecular weight excluding hydrogens is 292 g/mol. The van der Waals surface area contributed by atoms with Crippen molar-refractivity contribution in [3.05, 3.63) is 54.1 Å². The van der Waals surface area contributed by atoms with Gasteiger partial charge < -0.3 is 20.5 Å². The van der Waals surface area contributed by atoms with Gasteiger partial charge >= 0.3 is 0 Å². The highest BCUT2D eigenvalue weighted by Crippen LogP contribution is 2.30. The molecule has 2 rings (SSSR count). The van der Waals surface area contributed by atoms with E-state index in [1.54, 1.807) is 7.11 Å². The first kappa shape index (κ1) is 17.0. The van der Waals surface area contributed by atoms with E-state index in [2.05, 4.69) is 5.32 Å². The Morgan fingerprint density at radius 3 is 2.61 bits per heavy atom. The second-order valence-electron chi connectivity index (χ2n) is 5.26. The van der Waals surface area contributed by atoms with Crippen molar-refractivity contribution < 1.29 is 14.3 Å². The van der Waals surface area contributed by atoms with Crippen LogP contribution in [0.1, 0.15) is 12.0 Å². The summed E-state index contributed by atoms with van der Waals surface area (Å²) >= 11 is 0. The zero-order valence-electron chi connectivity index (χ0n) is 13.4. The van der Waals surface area contributed by atoms with Gasteiger partial charge in [0.25, 0.3) is 0 Å². The highest BCUT2D eigenvalue weighted by molar-refractivity contribution is 5.92. The maximum atomic E-state index is 12.2. The number of ether oxygens (including phenoxy) is 2. The number of methoxy groups -OCH3 is 1. The van der Waals surface area contributed by atoms with Gasteiger partial charge in [0.05, 0.1) is 18.2 Å². The summed E-state index contributed by atoms with van der Waals surface area (Å²) in [5.41, 5.74) is 7.21.